The Morgan fingerprint density at radius 1 is 1.43 bits per heavy atom. The highest BCUT2D eigenvalue weighted by molar-refractivity contribution is 7.09. The molecule has 1 saturated heterocycles. The molecule has 6 nitrogen and oxygen atoms in total. The van der Waals surface area contributed by atoms with E-state index in [-0.39, 0.29) is 18.2 Å². The number of hydrogen-bond donors (Lipinski definition) is 2. The van der Waals surface area contributed by atoms with Crippen LogP contribution in [0.4, 0.5) is 4.79 Å². The minimum Gasteiger partial charge on any atom is -0.373 e. The minimum atomic E-state index is -0.113. The topological polar surface area (TPSA) is 66.5 Å². The van der Waals surface area contributed by atoms with Crippen LogP contribution in [-0.2, 0) is 11.2 Å². The Morgan fingerprint density at radius 2 is 2.13 bits per heavy atom. The van der Waals surface area contributed by atoms with E-state index in [1.54, 1.807) is 11.3 Å². The molecule has 1 aromatic heterocycles. The third kappa shape index (κ3) is 6.08. The molecule has 0 aromatic carbocycles. The van der Waals surface area contributed by atoms with Gasteiger partial charge in [-0.3, -0.25) is 4.90 Å². The first-order valence-electron chi connectivity index (χ1n) is 8.26. The van der Waals surface area contributed by atoms with Gasteiger partial charge in [-0.1, -0.05) is 0 Å². The van der Waals surface area contributed by atoms with Crippen molar-refractivity contribution in [3.63, 3.8) is 0 Å². The average Bonchev–Trinajstić information content (AvgIpc) is 2.89. The van der Waals surface area contributed by atoms with E-state index in [4.69, 9.17) is 4.74 Å². The molecule has 0 bridgehead atoms. The minimum absolute atomic E-state index is 0.113. The molecule has 130 valence electrons. The standard InChI is InChI=1S/C16H28N4O2S/c1-11(20-8-12(2)22-13(3)9-20)7-18-16(21)17-6-5-15-10-23-14(4)19-15/h10-13H,5-9H2,1-4H3,(H2,17,18,21). The van der Waals surface area contributed by atoms with Gasteiger partial charge in [0.15, 0.2) is 0 Å². The Hall–Kier alpha value is -1.18. The molecule has 0 aliphatic carbocycles. The van der Waals surface area contributed by atoms with Crippen LogP contribution in [0.1, 0.15) is 31.5 Å². The molecule has 2 heterocycles. The van der Waals surface area contributed by atoms with Gasteiger partial charge in [0.25, 0.3) is 0 Å². The van der Waals surface area contributed by atoms with E-state index in [0.29, 0.717) is 19.1 Å². The molecular weight excluding hydrogens is 312 g/mol. The summed E-state index contributed by atoms with van der Waals surface area (Å²) in [7, 11) is 0. The molecule has 7 heteroatoms. The van der Waals surface area contributed by atoms with E-state index >= 15 is 0 Å². The molecule has 0 radical (unpaired) electrons. The largest absolute Gasteiger partial charge is 0.373 e. The first-order chi connectivity index (χ1) is 10.9. The SMILES string of the molecule is Cc1nc(CCNC(=O)NCC(C)N2CC(C)OC(C)C2)cs1. The summed E-state index contributed by atoms with van der Waals surface area (Å²) in [5.74, 6) is 0. The van der Waals surface area contributed by atoms with Crippen LogP contribution < -0.4 is 10.6 Å². The van der Waals surface area contributed by atoms with Gasteiger partial charge in [-0.15, -0.1) is 11.3 Å². The number of amides is 2. The molecule has 3 unspecified atom stereocenters. The van der Waals surface area contributed by atoms with Crippen molar-refractivity contribution in [2.24, 2.45) is 0 Å². The lowest BCUT2D eigenvalue weighted by molar-refractivity contribution is -0.0778. The van der Waals surface area contributed by atoms with Crippen LogP contribution in [0.2, 0.25) is 0 Å². The number of aryl methyl sites for hydroxylation is 1. The van der Waals surface area contributed by atoms with Crippen LogP contribution in [0, 0.1) is 6.92 Å². The van der Waals surface area contributed by atoms with Gasteiger partial charge in [-0.05, 0) is 27.7 Å². The van der Waals surface area contributed by atoms with Crippen LogP contribution in [0.15, 0.2) is 5.38 Å². The number of urea groups is 1. The number of carbonyl (C=O) groups excluding carboxylic acids is 1. The molecule has 3 atom stereocenters. The van der Waals surface area contributed by atoms with Crippen molar-refractivity contribution < 1.29 is 9.53 Å². The maximum absolute atomic E-state index is 11.9. The molecule has 0 saturated carbocycles. The van der Waals surface area contributed by atoms with E-state index in [9.17, 15) is 4.79 Å². The van der Waals surface area contributed by atoms with E-state index in [1.165, 1.54) is 0 Å². The predicted molar refractivity (Wildman–Crippen MR) is 93.0 cm³/mol. The summed E-state index contributed by atoms with van der Waals surface area (Å²) in [6, 6.07) is 0.189. The predicted octanol–water partition coefficient (Wildman–Crippen LogP) is 1.79. The molecule has 2 amide bonds. The lowest BCUT2D eigenvalue weighted by Gasteiger charge is -2.38. The number of ether oxygens (including phenoxy) is 1. The maximum Gasteiger partial charge on any atom is 0.314 e. The van der Waals surface area contributed by atoms with Crippen LogP contribution in [0.3, 0.4) is 0 Å². The Kier molecular flexibility index (Phi) is 6.80. The number of hydrogen-bond acceptors (Lipinski definition) is 5. The third-order valence-electron chi connectivity index (χ3n) is 3.96. The van der Waals surface area contributed by atoms with E-state index in [0.717, 1.165) is 30.2 Å². The monoisotopic (exact) mass is 340 g/mol. The van der Waals surface area contributed by atoms with Crippen molar-refractivity contribution in [3.05, 3.63) is 16.1 Å². The summed E-state index contributed by atoms with van der Waals surface area (Å²) in [6.45, 7) is 11.4. The first-order valence-corrected chi connectivity index (χ1v) is 9.14. The molecular formula is C16H28N4O2S. The van der Waals surface area contributed by atoms with Gasteiger partial charge >= 0.3 is 6.03 Å². The normalized spacial score (nSPS) is 23.5. The van der Waals surface area contributed by atoms with E-state index in [1.807, 2.05) is 12.3 Å². The molecule has 0 spiro atoms. The van der Waals surface area contributed by atoms with E-state index < -0.39 is 0 Å². The lowest BCUT2D eigenvalue weighted by Crippen LogP contribution is -2.53. The summed E-state index contributed by atoms with van der Waals surface area (Å²) in [5.41, 5.74) is 1.04. The number of carbonyl (C=O) groups is 1. The van der Waals surface area contributed by atoms with Gasteiger partial charge < -0.3 is 15.4 Å². The van der Waals surface area contributed by atoms with Crippen molar-refractivity contribution in [2.45, 2.75) is 52.4 Å². The number of nitrogens with zero attached hydrogens (tertiary/aromatic N) is 2. The summed E-state index contributed by atoms with van der Waals surface area (Å²) < 4.78 is 5.74. The van der Waals surface area contributed by atoms with Crippen LogP contribution in [0.5, 0.6) is 0 Å². The number of rotatable bonds is 6. The zero-order valence-corrected chi connectivity index (χ0v) is 15.3. The highest BCUT2D eigenvalue weighted by atomic mass is 32.1. The zero-order valence-electron chi connectivity index (χ0n) is 14.5. The summed E-state index contributed by atoms with van der Waals surface area (Å²) >= 11 is 1.64. The van der Waals surface area contributed by atoms with Crippen LogP contribution >= 0.6 is 11.3 Å². The fourth-order valence-electron chi connectivity index (χ4n) is 2.84. The van der Waals surface area contributed by atoms with Crippen molar-refractivity contribution in [1.29, 1.82) is 0 Å². The maximum atomic E-state index is 11.9. The first kappa shape index (κ1) is 18.2. The summed E-state index contributed by atoms with van der Waals surface area (Å²) in [6.07, 6.45) is 1.26. The van der Waals surface area contributed by atoms with E-state index in [2.05, 4.69) is 41.3 Å². The third-order valence-corrected chi connectivity index (χ3v) is 4.78. The van der Waals surface area contributed by atoms with Crippen LogP contribution in [0.25, 0.3) is 0 Å². The van der Waals surface area contributed by atoms with Gasteiger partial charge in [-0.2, -0.15) is 0 Å². The Labute approximate surface area is 142 Å². The van der Waals surface area contributed by atoms with Gasteiger partial charge in [-0.25, -0.2) is 9.78 Å². The highest BCUT2D eigenvalue weighted by Crippen LogP contribution is 2.13. The average molecular weight is 340 g/mol. The fraction of sp³-hybridized carbons (Fsp3) is 0.750. The molecule has 2 N–H and O–H groups in total. The lowest BCUT2D eigenvalue weighted by atomic mass is 10.2. The molecule has 2 rings (SSSR count). The number of aromatic nitrogens is 1. The number of morpholine rings is 1. The van der Waals surface area contributed by atoms with Crippen molar-refractivity contribution >= 4 is 17.4 Å². The number of nitrogens with one attached hydrogen (secondary N) is 2. The molecule has 1 aliphatic rings. The van der Waals surface area contributed by atoms with Gasteiger partial charge in [0.2, 0.25) is 0 Å². The number of thiazole rings is 1. The Balaban J connectivity index is 1.63. The molecule has 1 aromatic rings. The second-order valence-corrected chi connectivity index (χ2v) is 7.37. The van der Waals surface area contributed by atoms with Crippen molar-refractivity contribution in [2.75, 3.05) is 26.2 Å². The summed E-state index contributed by atoms with van der Waals surface area (Å²) in [4.78, 5) is 18.6. The Morgan fingerprint density at radius 3 is 2.74 bits per heavy atom. The smallest absolute Gasteiger partial charge is 0.314 e. The van der Waals surface area contributed by atoms with Crippen molar-refractivity contribution in [3.8, 4) is 0 Å². The van der Waals surface area contributed by atoms with Gasteiger partial charge in [0.1, 0.15) is 0 Å². The van der Waals surface area contributed by atoms with Gasteiger partial charge in [0.05, 0.1) is 22.9 Å². The van der Waals surface area contributed by atoms with Crippen LogP contribution in [-0.4, -0.2) is 60.3 Å². The fourth-order valence-corrected chi connectivity index (χ4v) is 3.48. The Bertz CT molecular complexity index is 498. The molecule has 1 fully saturated rings. The molecule has 23 heavy (non-hydrogen) atoms. The van der Waals surface area contributed by atoms with Crippen molar-refractivity contribution in [1.82, 2.24) is 20.5 Å². The second-order valence-electron chi connectivity index (χ2n) is 6.30. The second kappa shape index (κ2) is 8.61. The molecule has 1 aliphatic heterocycles. The zero-order chi connectivity index (χ0) is 16.8. The van der Waals surface area contributed by atoms with Gasteiger partial charge in [0, 0.05) is 44.0 Å². The quantitative estimate of drug-likeness (QED) is 0.829. The summed E-state index contributed by atoms with van der Waals surface area (Å²) in [5, 5.41) is 8.94. The highest BCUT2D eigenvalue weighted by Gasteiger charge is 2.25.